The van der Waals surface area contributed by atoms with Crippen LogP contribution in [-0.2, 0) is 33.4 Å². The second kappa shape index (κ2) is 9.65. The number of carboxylic acid groups (broad SMARTS) is 1. The van der Waals surface area contributed by atoms with Crippen LogP contribution in [0.15, 0.2) is 48.5 Å². The van der Waals surface area contributed by atoms with Crippen LogP contribution in [0.5, 0.6) is 0 Å². The van der Waals surface area contributed by atoms with Crippen LogP contribution in [0, 0.1) is 5.41 Å². The molecule has 1 N–H and O–H groups in total. The van der Waals surface area contributed by atoms with Crippen LogP contribution in [0.2, 0.25) is 0 Å². The van der Waals surface area contributed by atoms with Crippen molar-refractivity contribution in [2.45, 2.75) is 62.9 Å². The molecule has 0 saturated heterocycles. The molecule has 0 heterocycles. The number of aliphatic carboxylic acids is 1. The quantitative estimate of drug-likeness (QED) is 0.258. The molecular formula is C29H30O8. The molecule has 4 aliphatic rings. The van der Waals surface area contributed by atoms with E-state index in [2.05, 4.69) is 16.9 Å². The largest absolute Gasteiger partial charge is 0.473 e. The van der Waals surface area contributed by atoms with Gasteiger partial charge in [0.2, 0.25) is 0 Å². The third-order valence-corrected chi connectivity index (χ3v) is 8.11. The topological polar surface area (TPSA) is 116 Å². The van der Waals surface area contributed by atoms with Gasteiger partial charge in [-0.3, -0.25) is 9.59 Å². The van der Waals surface area contributed by atoms with Gasteiger partial charge in [-0.25, -0.2) is 9.59 Å². The fourth-order valence-corrected chi connectivity index (χ4v) is 6.47. The van der Waals surface area contributed by atoms with Gasteiger partial charge in [0.1, 0.15) is 18.8 Å². The first kappa shape index (κ1) is 25.0. The second-order valence-electron chi connectivity index (χ2n) is 10.5. The molecule has 0 aromatic heterocycles. The molecule has 0 aliphatic heterocycles. The Kier molecular flexibility index (Phi) is 6.52. The molecule has 4 aliphatic carbocycles. The Morgan fingerprint density at radius 1 is 0.865 bits per heavy atom. The summed E-state index contributed by atoms with van der Waals surface area (Å²) in [6, 6.07) is 16.1. The molecule has 2 bridgehead atoms. The molecule has 37 heavy (non-hydrogen) atoms. The lowest BCUT2D eigenvalue weighted by molar-refractivity contribution is -0.178. The summed E-state index contributed by atoms with van der Waals surface area (Å²) in [5.74, 6) is -4.58. The molecule has 1 saturated carbocycles. The lowest BCUT2D eigenvalue weighted by Crippen LogP contribution is -2.50. The zero-order valence-electron chi connectivity index (χ0n) is 20.7. The summed E-state index contributed by atoms with van der Waals surface area (Å²) in [5.41, 5.74) is 2.65. The summed E-state index contributed by atoms with van der Waals surface area (Å²) in [6.07, 6.45) is 3.78. The van der Waals surface area contributed by atoms with Gasteiger partial charge >= 0.3 is 23.9 Å². The zero-order chi connectivity index (χ0) is 26.2. The van der Waals surface area contributed by atoms with Crippen molar-refractivity contribution in [1.82, 2.24) is 0 Å². The van der Waals surface area contributed by atoms with Crippen LogP contribution in [0.25, 0.3) is 0 Å². The Labute approximate surface area is 214 Å². The van der Waals surface area contributed by atoms with E-state index < -0.39 is 28.9 Å². The first-order valence-electron chi connectivity index (χ1n) is 12.7. The van der Waals surface area contributed by atoms with Gasteiger partial charge in [-0.1, -0.05) is 48.5 Å². The number of rotatable bonds is 7. The van der Waals surface area contributed by atoms with Crippen LogP contribution in [-0.4, -0.2) is 47.8 Å². The fourth-order valence-electron chi connectivity index (χ4n) is 6.47. The van der Waals surface area contributed by atoms with Crippen molar-refractivity contribution < 1.29 is 38.5 Å². The Morgan fingerprint density at radius 3 is 1.97 bits per heavy atom. The van der Waals surface area contributed by atoms with E-state index in [1.54, 1.807) is 0 Å². The summed E-state index contributed by atoms with van der Waals surface area (Å²) in [7, 11) is 0. The third kappa shape index (κ3) is 4.49. The minimum Gasteiger partial charge on any atom is -0.473 e. The van der Waals surface area contributed by atoms with Crippen LogP contribution in [0.1, 0.15) is 79.5 Å². The molecule has 1 atom stereocenters. The predicted molar refractivity (Wildman–Crippen MR) is 131 cm³/mol. The highest BCUT2D eigenvalue weighted by molar-refractivity contribution is 6.28. The zero-order valence-corrected chi connectivity index (χ0v) is 20.7. The van der Waals surface area contributed by atoms with Crippen LogP contribution in [0.4, 0.5) is 0 Å². The SMILES string of the molecule is CC1(OC(=O)C2(CC(=O)OCCOC(=O)C(=O)O)CC3c4ccccc4C2c2ccccc23)CCCC1. The van der Waals surface area contributed by atoms with Gasteiger partial charge in [-0.2, -0.15) is 0 Å². The van der Waals surface area contributed by atoms with E-state index >= 15 is 0 Å². The summed E-state index contributed by atoms with van der Waals surface area (Å²) < 4.78 is 16.1. The molecule has 1 unspecified atom stereocenters. The molecule has 0 radical (unpaired) electrons. The average molecular weight is 507 g/mol. The summed E-state index contributed by atoms with van der Waals surface area (Å²) in [4.78, 5) is 49.0. The Bertz CT molecular complexity index is 1200. The van der Waals surface area contributed by atoms with Crippen molar-refractivity contribution >= 4 is 23.9 Å². The molecule has 2 aromatic carbocycles. The van der Waals surface area contributed by atoms with E-state index in [1.165, 1.54) is 0 Å². The highest BCUT2D eigenvalue weighted by Crippen LogP contribution is 2.63. The summed E-state index contributed by atoms with van der Waals surface area (Å²) in [5, 5.41) is 8.63. The van der Waals surface area contributed by atoms with Crippen LogP contribution < -0.4 is 0 Å². The minimum atomic E-state index is -1.72. The molecule has 0 spiro atoms. The second-order valence-corrected chi connectivity index (χ2v) is 10.5. The molecule has 1 fully saturated rings. The van der Waals surface area contributed by atoms with E-state index in [0.717, 1.165) is 47.9 Å². The van der Waals surface area contributed by atoms with E-state index in [1.807, 2.05) is 43.3 Å². The number of ether oxygens (including phenoxy) is 3. The van der Waals surface area contributed by atoms with Crippen molar-refractivity contribution in [1.29, 1.82) is 0 Å². The molecule has 2 aromatic rings. The van der Waals surface area contributed by atoms with Crippen molar-refractivity contribution in [3.8, 4) is 0 Å². The predicted octanol–water partition coefficient (Wildman–Crippen LogP) is 4.09. The van der Waals surface area contributed by atoms with E-state index in [0.29, 0.717) is 6.42 Å². The monoisotopic (exact) mass is 506 g/mol. The van der Waals surface area contributed by atoms with Crippen LogP contribution >= 0.6 is 0 Å². The number of benzene rings is 2. The van der Waals surface area contributed by atoms with Crippen molar-refractivity contribution in [3.05, 3.63) is 70.8 Å². The normalized spacial score (nSPS) is 24.5. The minimum absolute atomic E-state index is 0.0642. The molecule has 0 amide bonds. The molecular weight excluding hydrogens is 476 g/mol. The lowest BCUT2D eigenvalue weighted by atomic mass is 9.51. The van der Waals surface area contributed by atoms with Gasteiger partial charge in [0.15, 0.2) is 0 Å². The number of hydrogen-bond acceptors (Lipinski definition) is 7. The molecule has 6 rings (SSSR count). The molecule has 8 nitrogen and oxygen atoms in total. The first-order valence-corrected chi connectivity index (χ1v) is 12.7. The average Bonchev–Trinajstić information content (AvgIpc) is 3.32. The van der Waals surface area contributed by atoms with Gasteiger partial charge < -0.3 is 19.3 Å². The third-order valence-electron chi connectivity index (χ3n) is 8.11. The van der Waals surface area contributed by atoms with Gasteiger partial charge in [-0.15, -0.1) is 0 Å². The number of carboxylic acids is 1. The molecule has 194 valence electrons. The number of carbonyl (C=O) groups excluding carboxylic acids is 3. The van der Waals surface area contributed by atoms with Gasteiger partial charge in [0, 0.05) is 11.8 Å². The maximum absolute atomic E-state index is 14.2. The maximum atomic E-state index is 14.2. The standard InChI is InChI=1S/C29H30O8/c1-28(12-6-7-13-28)37-27(34)29(17-23(30)35-14-15-36-26(33)25(31)32)16-22-18-8-2-4-10-20(18)24(29)21-11-5-3-9-19(21)22/h2-5,8-11,22,24H,6-7,12-17H2,1H3,(H,31,32). The number of hydrogen-bond donors (Lipinski definition) is 1. The van der Waals surface area contributed by atoms with Gasteiger partial charge in [0.25, 0.3) is 0 Å². The Morgan fingerprint density at radius 2 is 1.41 bits per heavy atom. The lowest BCUT2D eigenvalue weighted by Gasteiger charge is -2.52. The highest BCUT2D eigenvalue weighted by atomic mass is 16.6. The van der Waals surface area contributed by atoms with Crippen molar-refractivity contribution in [2.75, 3.05) is 13.2 Å². The first-order chi connectivity index (χ1) is 17.7. The number of esters is 3. The fraction of sp³-hybridized carbons (Fsp3) is 0.448. The smallest absolute Gasteiger partial charge is 0.417 e. The highest BCUT2D eigenvalue weighted by Gasteiger charge is 2.59. The summed E-state index contributed by atoms with van der Waals surface area (Å²) in [6.45, 7) is 1.27. The van der Waals surface area contributed by atoms with Crippen molar-refractivity contribution in [3.63, 3.8) is 0 Å². The van der Waals surface area contributed by atoms with E-state index in [9.17, 15) is 19.2 Å². The van der Waals surface area contributed by atoms with Gasteiger partial charge in [-0.05, 0) is 61.3 Å². The molecule has 8 heteroatoms. The Hall–Kier alpha value is -3.68. The van der Waals surface area contributed by atoms with Crippen LogP contribution in [0.3, 0.4) is 0 Å². The number of fused-ring (bicyclic) bond motifs is 1. The van der Waals surface area contributed by atoms with E-state index in [-0.39, 0.29) is 37.4 Å². The number of carbonyl (C=O) groups is 4. The summed E-state index contributed by atoms with van der Waals surface area (Å²) >= 11 is 0. The van der Waals surface area contributed by atoms with Crippen molar-refractivity contribution in [2.24, 2.45) is 5.41 Å². The Balaban J connectivity index is 1.47. The van der Waals surface area contributed by atoms with E-state index in [4.69, 9.17) is 14.6 Å². The maximum Gasteiger partial charge on any atom is 0.417 e. The van der Waals surface area contributed by atoms with Gasteiger partial charge in [0.05, 0.1) is 11.8 Å².